The number of carbonyl (C=O) groups is 1. The van der Waals surface area contributed by atoms with Gasteiger partial charge in [0.2, 0.25) is 0 Å². The number of halogens is 2. The molecule has 26 heavy (non-hydrogen) atoms. The fraction of sp³-hybridized carbons (Fsp3) is 0.0556. The van der Waals surface area contributed by atoms with E-state index < -0.39 is 0 Å². The minimum Gasteiger partial charge on any atom is -0.495 e. The third-order valence-corrected chi connectivity index (χ3v) is 4.12. The van der Waals surface area contributed by atoms with E-state index in [2.05, 4.69) is 31.4 Å². The van der Waals surface area contributed by atoms with Crippen molar-refractivity contribution < 1.29 is 13.9 Å². The summed E-state index contributed by atoms with van der Waals surface area (Å²) in [5, 5.41) is 4.38. The van der Waals surface area contributed by atoms with Gasteiger partial charge in [0, 0.05) is 22.4 Å². The molecular weight excluding hydrogens is 422 g/mol. The molecule has 3 rings (SSSR count). The summed E-state index contributed by atoms with van der Waals surface area (Å²) in [6.45, 7) is 0. The predicted molar refractivity (Wildman–Crippen MR) is 103 cm³/mol. The van der Waals surface area contributed by atoms with Crippen LogP contribution in [0.2, 0.25) is 5.02 Å². The number of benzene rings is 1. The highest BCUT2D eigenvalue weighted by molar-refractivity contribution is 9.10. The molecule has 0 saturated heterocycles. The van der Waals surface area contributed by atoms with E-state index in [1.165, 1.54) is 12.4 Å². The molecule has 0 fully saturated rings. The van der Waals surface area contributed by atoms with Gasteiger partial charge in [0.05, 0.1) is 23.9 Å². The van der Waals surface area contributed by atoms with Crippen molar-refractivity contribution >= 4 is 39.7 Å². The molecule has 0 radical (unpaired) electrons. The summed E-state index contributed by atoms with van der Waals surface area (Å²) in [7, 11) is 1.56. The minimum atomic E-state index is -0.372. The van der Waals surface area contributed by atoms with Gasteiger partial charge in [0.25, 0.3) is 5.91 Å². The van der Waals surface area contributed by atoms with E-state index in [0.29, 0.717) is 32.3 Å². The van der Waals surface area contributed by atoms with Gasteiger partial charge in [-0.3, -0.25) is 9.78 Å². The van der Waals surface area contributed by atoms with Crippen LogP contribution in [0, 0.1) is 0 Å². The topological polar surface area (TPSA) is 76.7 Å². The van der Waals surface area contributed by atoms with Gasteiger partial charge in [-0.2, -0.15) is 5.10 Å². The second-order valence-corrected chi connectivity index (χ2v) is 6.47. The number of ether oxygens (including phenoxy) is 1. The first-order valence-electron chi connectivity index (χ1n) is 7.44. The Labute approximate surface area is 163 Å². The van der Waals surface area contributed by atoms with Gasteiger partial charge in [0.15, 0.2) is 0 Å². The molecule has 2 aromatic heterocycles. The Morgan fingerprint density at radius 1 is 1.31 bits per heavy atom. The Morgan fingerprint density at radius 3 is 2.88 bits per heavy atom. The van der Waals surface area contributed by atoms with Crippen LogP contribution in [-0.4, -0.2) is 24.2 Å². The number of hydrazone groups is 1. The highest BCUT2D eigenvalue weighted by atomic mass is 79.9. The smallest absolute Gasteiger partial charge is 0.272 e. The molecule has 6 nitrogen and oxygen atoms in total. The molecule has 0 saturated carbocycles. The Morgan fingerprint density at radius 2 is 2.15 bits per heavy atom. The maximum atomic E-state index is 12.0. The molecule has 0 aliphatic heterocycles. The van der Waals surface area contributed by atoms with Crippen molar-refractivity contribution in [1.82, 2.24) is 10.4 Å². The highest BCUT2D eigenvalue weighted by Gasteiger charge is 2.08. The fourth-order valence-electron chi connectivity index (χ4n) is 2.15. The molecule has 1 amide bonds. The second-order valence-electron chi connectivity index (χ2n) is 5.14. The summed E-state index contributed by atoms with van der Waals surface area (Å²) in [6, 6.07) is 10.5. The largest absolute Gasteiger partial charge is 0.495 e. The number of nitrogens with zero attached hydrogens (tertiary/aromatic N) is 2. The summed E-state index contributed by atoms with van der Waals surface area (Å²) < 4.78 is 11.5. The molecule has 1 aromatic carbocycles. The van der Waals surface area contributed by atoms with Crippen LogP contribution < -0.4 is 10.2 Å². The Bertz CT molecular complexity index is 972. The van der Waals surface area contributed by atoms with E-state index in [4.69, 9.17) is 20.8 Å². The molecule has 1 N–H and O–H groups in total. The van der Waals surface area contributed by atoms with Crippen molar-refractivity contribution in [3.05, 3.63) is 69.6 Å². The number of amides is 1. The van der Waals surface area contributed by atoms with Gasteiger partial charge in [-0.25, -0.2) is 5.43 Å². The molecule has 0 aliphatic rings. The van der Waals surface area contributed by atoms with E-state index in [-0.39, 0.29) is 5.91 Å². The average Bonchev–Trinajstić information content (AvgIpc) is 3.10. The van der Waals surface area contributed by atoms with Crippen molar-refractivity contribution in [3.63, 3.8) is 0 Å². The number of hydrogen-bond acceptors (Lipinski definition) is 5. The zero-order valence-electron chi connectivity index (χ0n) is 13.6. The van der Waals surface area contributed by atoms with Crippen LogP contribution in [0.4, 0.5) is 0 Å². The number of aromatic nitrogens is 1. The maximum absolute atomic E-state index is 12.0. The van der Waals surface area contributed by atoms with Crippen LogP contribution in [0.5, 0.6) is 5.75 Å². The first-order chi connectivity index (χ1) is 12.6. The summed E-state index contributed by atoms with van der Waals surface area (Å²) >= 11 is 9.39. The van der Waals surface area contributed by atoms with Crippen molar-refractivity contribution in [2.75, 3.05) is 7.11 Å². The molecule has 0 atom stereocenters. The van der Waals surface area contributed by atoms with Crippen LogP contribution in [0.1, 0.15) is 16.1 Å². The van der Waals surface area contributed by atoms with E-state index in [1.54, 1.807) is 43.6 Å². The lowest BCUT2D eigenvalue weighted by molar-refractivity contribution is 0.0954. The van der Waals surface area contributed by atoms with E-state index in [9.17, 15) is 4.79 Å². The fourth-order valence-corrected chi connectivity index (χ4v) is 2.77. The van der Waals surface area contributed by atoms with E-state index >= 15 is 0 Å². The van der Waals surface area contributed by atoms with Gasteiger partial charge in [-0.1, -0.05) is 11.6 Å². The Kier molecular flexibility index (Phi) is 5.70. The van der Waals surface area contributed by atoms with Gasteiger partial charge >= 0.3 is 0 Å². The third kappa shape index (κ3) is 4.30. The summed E-state index contributed by atoms with van der Waals surface area (Å²) in [6.07, 6.45) is 4.46. The number of furan rings is 1. The van der Waals surface area contributed by atoms with Gasteiger partial charge in [-0.15, -0.1) is 0 Å². The van der Waals surface area contributed by atoms with Crippen molar-refractivity contribution in [1.29, 1.82) is 0 Å². The number of hydrogen-bond donors (Lipinski definition) is 1. The molecule has 0 unspecified atom stereocenters. The minimum absolute atomic E-state index is 0.372. The lowest BCUT2D eigenvalue weighted by Crippen LogP contribution is -2.17. The number of methoxy groups -OCH3 is 1. The number of nitrogens with one attached hydrogen (secondary N) is 1. The van der Waals surface area contributed by atoms with Crippen LogP contribution in [0.3, 0.4) is 0 Å². The van der Waals surface area contributed by atoms with E-state index in [1.807, 2.05) is 6.07 Å². The molecule has 0 bridgehead atoms. The Balaban J connectivity index is 1.67. The second kappa shape index (κ2) is 8.16. The van der Waals surface area contributed by atoms with Crippen LogP contribution in [0.15, 0.2) is 62.8 Å². The molecule has 8 heteroatoms. The highest BCUT2D eigenvalue weighted by Crippen LogP contribution is 2.30. The molecule has 132 valence electrons. The van der Waals surface area contributed by atoms with Crippen LogP contribution in [-0.2, 0) is 0 Å². The zero-order valence-corrected chi connectivity index (χ0v) is 15.9. The normalized spacial score (nSPS) is 10.9. The van der Waals surface area contributed by atoms with Crippen molar-refractivity contribution in [2.45, 2.75) is 0 Å². The quantitative estimate of drug-likeness (QED) is 0.473. The number of carbonyl (C=O) groups excluding carboxylic acids is 1. The first kappa shape index (κ1) is 18.2. The van der Waals surface area contributed by atoms with Crippen LogP contribution in [0.25, 0.3) is 11.3 Å². The monoisotopic (exact) mass is 433 g/mol. The standard InChI is InChI=1S/C18H13BrClN3O3/c1-25-17-4-2-11(7-15(17)20)16-5-3-14(26-16)10-22-23-18(24)12-6-13(19)9-21-8-12/h2-10H,1H3,(H,23,24). The summed E-state index contributed by atoms with van der Waals surface area (Å²) in [5.41, 5.74) is 3.62. The van der Waals surface area contributed by atoms with Gasteiger partial charge in [0.1, 0.15) is 17.3 Å². The predicted octanol–water partition coefficient (Wildman–Crippen LogP) is 4.53. The number of rotatable bonds is 5. The summed E-state index contributed by atoms with van der Waals surface area (Å²) in [5.74, 6) is 1.33. The lowest BCUT2D eigenvalue weighted by atomic mass is 10.2. The van der Waals surface area contributed by atoms with Crippen molar-refractivity contribution in [2.24, 2.45) is 5.10 Å². The zero-order chi connectivity index (χ0) is 18.5. The first-order valence-corrected chi connectivity index (χ1v) is 8.61. The Hall–Kier alpha value is -2.64. The average molecular weight is 435 g/mol. The molecule has 0 spiro atoms. The molecule has 2 heterocycles. The molecular formula is C18H13BrClN3O3. The summed E-state index contributed by atoms with van der Waals surface area (Å²) in [4.78, 5) is 15.9. The number of pyridine rings is 1. The third-order valence-electron chi connectivity index (χ3n) is 3.39. The maximum Gasteiger partial charge on any atom is 0.272 e. The van der Waals surface area contributed by atoms with Crippen LogP contribution >= 0.6 is 27.5 Å². The van der Waals surface area contributed by atoms with Gasteiger partial charge in [-0.05, 0) is 52.3 Å². The SMILES string of the molecule is COc1ccc(-c2ccc(C=NNC(=O)c3cncc(Br)c3)o2)cc1Cl. The van der Waals surface area contributed by atoms with Gasteiger partial charge < -0.3 is 9.15 Å². The molecule has 3 aromatic rings. The van der Waals surface area contributed by atoms with E-state index in [0.717, 1.165) is 5.56 Å². The lowest BCUT2D eigenvalue weighted by Gasteiger charge is -2.04. The molecule has 0 aliphatic carbocycles. The van der Waals surface area contributed by atoms with Crippen molar-refractivity contribution in [3.8, 4) is 17.1 Å².